The summed E-state index contributed by atoms with van der Waals surface area (Å²) in [5.74, 6) is 0. The normalized spacial score (nSPS) is 20.8. The van der Waals surface area contributed by atoms with Crippen LogP contribution in [0.1, 0.15) is 11.1 Å². The third kappa shape index (κ3) is 5.73. The zero-order valence-electron chi connectivity index (χ0n) is 13.9. The Morgan fingerprint density at radius 3 is 1.67 bits per heavy atom. The van der Waals surface area contributed by atoms with Gasteiger partial charge in [-0.1, -0.05) is 60.7 Å². The van der Waals surface area contributed by atoms with Gasteiger partial charge in [-0.25, -0.2) is 0 Å². The fraction of sp³-hybridized carbons (Fsp3) is 0.400. The Bertz CT molecular complexity index is 524. The van der Waals surface area contributed by atoms with Gasteiger partial charge in [0.2, 0.25) is 0 Å². The van der Waals surface area contributed by atoms with E-state index in [1.54, 1.807) is 0 Å². The van der Waals surface area contributed by atoms with Crippen molar-refractivity contribution in [3.8, 4) is 0 Å². The molecular formula is C20H25NO3. The molecule has 3 rings (SSSR count). The van der Waals surface area contributed by atoms with E-state index in [0.29, 0.717) is 26.4 Å². The van der Waals surface area contributed by atoms with Crippen LogP contribution < -0.4 is 5.32 Å². The van der Waals surface area contributed by atoms with E-state index in [1.807, 2.05) is 36.4 Å². The summed E-state index contributed by atoms with van der Waals surface area (Å²) in [6, 6.07) is 20.4. The van der Waals surface area contributed by atoms with Crippen LogP contribution in [0.5, 0.6) is 0 Å². The van der Waals surface area contributed by atoms with E-state index in [9.17, 15) is 0 Å². The molecule has 0 unspecified atom stereocenters. The van der Waals surface area contributed by atoms with Crippen LogP contribution in [0.3, 0.4) is 0 Å². The predicted octanol–water partition coefficient (Wildman–Crippen LogP) is 2.78. The molecule has 2 atom stereocenters. The second-order valence-corrected chi connectivity index (χ2v) is 6.04. The molecule has 0 amide bonds. The van der Waals surface area contributed by atoms with Gasteiger partial charge in [-0.2, -0.15) is 0 Å². The summed E-state index contributed by atoms with van der Waals surface area (Å²) >= 11 is 0. The van der Waals surface area contributed by atoms with Gasteiger partial charge in [0.05, 0.1) is 38.6 Å². The Morgan fingerprint density at radius 1 is 0.750 bits per heavy atom. The second-order valence-electron chi connectivity index (χ2n) is 6.04. The van der Waals surface area contributed by atoms with Gasteiger partial charge in [-0.15, -0.1) is 0 Å². The first kappa shape index (κ1) is 17.1. The fourth-order valence-corrected chi connectivity index (χ4v) is 2.74. The lowest BCUT2D eigenvalue weighted by molar-refractivity contribution is -0.105. The Balaban J connectivity index is 1.33. The lowest BCUT2D eigenvalue weighted by Gasteiger charge is -2.30. The van der Waals surface area contributed by atoms with Crippen molar-refractivity contribution in [1.82, 2.24) is 5.32 Å². The number of morpholine rings is 1. The van der Waals surface area contributed by atoms with Crippen LogP contribution in [0, 0.1) is 0 Å². The van der Waals surface area contributed by atoms with Crippen molar-refractivity contribution >= 4 is 0 Å². The Hall–Kier alpha value is -1.72. The first-order chi connectivity index (χ1) is 11.9. The van der Waals surface area contributed by atoms with Crippen LogP contribution in [0.25, 0.3) is 0 Å². The largest absolute Gasteiger partial charge is 0.374 e. The summed E-state index contributed by atoms with van der Waals surface area (Å²) in [5.41, 5.74) is 2.37. The average molecular weight is 327 g/mol. The van der Waals surface area contributed by atoms with Crippen LogP contribution in [-0.4, -0.2) is 38.5 Å². The number of hydrogen-bond acceptors (Lipinski definition) is 4. The lowest BCUT2D eigenvalue weighted by Crippen LogP contribution is -2.48. The predicted molar refractivity (Wildman–Crippen MR) is 93.7 cm³/mol. The molecule has 1 aliphatic rings. The molecule has 0 aromatic heterocycles. The number of ether oxygens (including phenoxy) is 3. The van der Waals surface area contributed by atoms with Gasteiger partial charge >= 0.3 is 0 Å². The summed E-state index contributed by atoms with van der Waals surface area (Å²) in [7, 11) is 0. The third-order valence-corrected chi connectivity index (χ3v) is 3.96. The molecule has 1 fully saturated rings. The van der Waals surface area contributed by atoms with Gasteiger partial charge in [0, 0.05) is 13.1 Å². The smallest absolute Gasteiger partial charge is 0.0938 e. The first-order valence-corrected chi connectivity index (χ1v) is 8.49. The van der Waals surface area contributed by atoms with Crippen molar-refractivity contribution in [2.45, 2.75) is 25.4 Å². The quantitative estimate of drug-likeness (QED) is 0.809. The minimum absolute atomic E-state index is 0.0767. The van der Waals surface area contributed by atoms with Crippen LogP contribution in [0.2, 0.25) is 0 Å². The van der Waals surface area contributed by atoms with Crippen molar-refractivity contribution in [1.29, 1.82) is 0 Å². The zero-order valence-corrected chi connectivity index (χ0v) is 13.9. The van der Waals surface area contributed by atoms with Crippen LogP contribution in [0.4, 0.5) is 0 Å². The van der Waals surface area contributed by atoms with Crippen LogP contribution >= 0.6 is 0 Å². The molecule has 1 saturated heterocycles. The van der Waals surface area contributed by atoms with Crippen LogP contribution in [0.15, 0.2) is 60.7 Å². The highest BCUT2D eigenvalue weighted by Crippen LogP contribution is 2.09. The lowest BCUT2D eigenvalue weighted by atomic mass is 10.2. The van der Waals surface area contributed by atoms with E-state index in [-0.39, 0.29) is 12.2 Å². The molecule has 1 N–H and O–H groups in total. The van der Waals surface area contributed by atoms with Crippen molar-refractivity contribution in [2.75, 3.05) is 26.3 Å². The van der Waals surface area contributed by atoms with E-state index >= 15 is 0 Å². The maximum absolute atomic E-state index is 6.05. The Kier molecular flexibility index (Phi) is 6.81. The fourth-order valence-electron chi connectivity index (χ4n) is 2.74. The minimum atomic E-state index is 0.0767. The van der Waals surface area contributed by atoms with E-state index in [1.165, 1.54) is 11.1 Å². The minimum Gasteiger partial charge on any atom is -0.374 e. The monoisotopic (exact) mass is 327 g/mol. The molecule has 0 radical (unpaired) electrons. The Morgan fingerprint density at radius 2 is 1.21 bits per heavy atom. The van der Waals surface area contributed by atoms with Crippen molar-refractivity contribution in [3.63, 3.8) is 0 Å². The maximum Gasteiger partial charge on any atom is 0.0938 e. The summed E-state index contributed by atoms with van der Waals surface area (Å²) in [6.45, 7) is 4.08. The van der Waals surface area contributed by atoms with E-state index in [4.69, 9.17) is 14.2 Å². The highest BCUT2D eigenvalue weighted by atomic mass is 16.6. The molecule has 0 spiro atoms. The maximum atomic E-state index is 6.05. The topological polar surface area (TPSA) is 39.7 Å². The van der Waals surface area contributed by atoms with Crippen molar-refractivity contribution in [3.05, 3.63) is 71.8 Å². The molecule has 1 aliphatic heterocycles. The highest BCUT2D eigenvalue weighted by molar-refractivity contribution is 5.14. The van der Waals surface area contributed by atoms with Gasteiger partial charge in [-0.3, -0.25) is 0 Å². The molecular weight excluding hydrogens is 302 g/mol. The summed E-state index contributed by atoms with van der Waals surface area (Å²) in [4.78, 5) is 0. The third-order valence-electron chi connectivity index (χ3n) is 3.96. The standard InChI is InChI=1S/C20H25NO3/c1-3-7-17(8-4-1)13-22-15-19-11-21-12-20(24-19)16-23-14-18-9-5-2-6-10-18/h1-10,19-21H,11-16H2/t19-,20-/m1/s1. The molecule has 2 aromatic rings. The molecule has 0 saturated carbocycles. The van der Waals surface area contributed by atoms with Gasteiger partial charge in [0.25, 0.3) is 0 Å². The van der Waals surface area contributed by atoms with E-state index in [0.717, 1.165) is 13.1 Å². The van der Waals surface area contributed by atoms with Crippen molar-refractivity contribution < 1.29 is 14.2 Å². The number of rotatable bonds is 8. The molecule has 1 heterocycles. The van der Waals surface area contributed by atoms with E-state index in [2.05, 4.69) is 29.6 Å². The zero-order chi connectivity index (χ0) is 16.5. The first-order valence-electron chi connectivity index (χ1n) is 8.49. The molecule has 0 bridgehead atoms. The molecule has 128 valence electrons. The molecule has 24 heavy (non-hydrogen) atoms. The average Bonchev–Trinajstić information content (AvgIpc) is 2.64. The van der Waals surface area contributed by atoms with Gasteiger partial charge < -0.3 is 19.5 Å². The second kappa shape index (κ2) is 9.55. The Labute approximate surface area is 143 Å². The summed E-state index contributed by atoms with van der Waals surface area (Å²) < 4.78 is 17.6. The highest BCUT2D eigenvalue weighted by Gasteiger charge is 2.22. The molecule has 4 nitrogen and oxygen atoms in total. The van der Waals surface area contributed by atoms with Gasteiger partial charge in [0.1, 0.15) is 0 Å². The van der Waals surface area contributed by atoms with Gasteiger partial charge in [0.15, 0.2) is 0 Å². The van der Waals surface area contributed by atoms with Crippen LogP contribution in [-0.2, 0) is 27.4 Å². The number of hydrogen-bond donors (Lipinski definition) is 1. The molecule has 2 aromatic carbocycles. The SMILES string of the molecule is c1ccc(COC[C@H]2CNC[C@H](COCc3ccccc3)O2)cc1. The van der Waals surface area contributed by atoms with Crippen molar-refractivity contribution in [2.24, 2.45) is 0 Å². The van der Waals surface area contributed by atoms with Gasteiger partial charge in [-0.05, 0) is 11.1 Å². The molecule has 4 heteroatoms. The summed E-state index contributed by atoms with van der Waals surface area (Å²) in [5, 5.41) is 3.40. The number of benzene rings is 2. The molecule has 0 aliphatic carbocycles. The van der Waals surface area contributed by atoms with E-state index < -0.39 is 0 Å². The number of nitrogens with one attached hydrogen (secondary N) is 1. The summed E-state index contributed by atoms with van der Waals surface area (Å²) in [6.07, 6.45) is 0.153.